The van der Waals surface area contributed by atoms with E-state index < -0.39 is 0 Å². The molecular formula is C16H14Cl2FNOS. The van der Waals surface area contributed by atoms with E-state index in [4.69, 9.17) is 23.2 Å². The van der Waals surface area contributed by atoms with Crippen LogP contribution in [0.4, 0.5) is 4.39 Å². The van der Waals surface area contributed by atoms with Crippen LogP contribution in [0.2, 0.25) is 10.0 Å². The zero-order chi connectivity index (χ0) is 15.9. The van der Waals surface area contributed by atoms with Crippen molar-refractivity contribution in [3.63, 3.8) is 0 Å². The number of carbonyl (C=O) groups excluding carboxylic acids is 1. The molecule has 2 aromatic carbocycles. The number of hydrogen-bond acceptors (Lipinski definition) is 2. The standard InChI is InChI=1S/C16H14Cl2FNOS/c17-12-5-6-13(14(18)9-12)16(21)20-7-8-22-10-11-3-1-2-4-15(11)19/h1-6,9H,7-8,10H2,(H,20,21). The average Bonchev–Trinajstić information content (AvgIpc) is 2.48. The average molecular weight is 358 g/mol. The summed E-state index contributed by atoms with van der Waals surface area (Å²) in [6.07, 6.45) is 0. The molecule has 1 N–H and O–H groups in total. The summed E-state index contributed by atoms with van der Waals surface area (Å²) in [5.74, 6) is 0.815. The highest BCUT2D eigenvalue weighted by atomic mass is 35.5. The summed E-state index contributed by atoms with van der Waals surface area (Å²) in [6.45, 7) is 0.483. The van der Waals surface area contributed by atoms with Gasteiger partial charge in [0.25, 0.3) is 5.91 Å². The molecule has 116 valence electrons. The Bertz CT molecular complexity index is 666. The first-order chi connectivity index (χ1) is 10.6. The molecule has 0 atom stereocenters. The third-order valence-electron chi connectivity index (χ3n) is 2.92. The van der Waals surface area contributed by atoms with Gasteiger partial charge in [-0.3, -0.25) is 4.79 Å². The molecule has 0 radical (unpaired) electrons. The van der Waals surface area contributed by atoms with E-state index in [-0.39, 0.29) is 11.7 Å². The number of hydrogen-bond donors (Lipinski definition) is 1. The van der Waals surface area contributed by atoms with Crippen LogP contribution in [0.5, 0.6) is 0 Å². The molecular weight excluding hydrogens is 344 g/mol. The van der Waals surface area contributed by atoms with Crippen molar-refractivity contribution in [2.45, 2.75) is 5.75 Å². The molecule has 2 rings (SSSR count). The van der Waals surface area contributed by atoms with E-state index in [0.717, 1.165) is 0 Å². The number of rotatable bonds is 6. The van der Waals surface area contributed by atoms with Crippen LogP contribution in [-0.4, -0.2) is 18.2 Å². The van der Waals surface area contributed by atoms with Gasteiger partial charge in [-0.1, -0.05) is 41.4 Å². The van der Waals surface area contributed by atoms with Crippen molar-refractivity contribution >= 4 is 40.9 Å². The first-order valence-corrected chi connectivity index (χ1v) is 8.53. The van der Waals surface area contributed by atoms with Gasteiger partial charge in [0.2, 0.25) is 0 Å². The molecule has 1 amide bonds. The number of amides is 1. The summed E-state index contributed by atoms with van der Waals surface area (Å²) in [6, 6.07) is 11.4. The highest BCUT2D eigenvalue weighted by Crippen LogP contribution is 2.21. The van der Waals surface area contributed by atoms with Gasteiger partial charge in [-0.05, 0) is 29.8 Å². The van der Waals surface area contributed by atoms with Gasteiger partial charge in [-0.15, -0.1) is 0 Å². The molecule has 0 saturated heterocycles. The largest absolute Gasteiger partial charge is 0.351 e. The minimum Gasteiger partial charge on any atom is -0.351 e. The fourth-order valence-corrected chi connectivity index (χ4v) is 3.14. The van der Waals surface area contributed by atoms with Crippen LogP contribution in [0.3, 0.4) is 0 Å². The lowest BCUT2D eigenvalue weighted by Crippen LogP contribution is -2.26. The third-order valence-corrected chi connectivity index (χ3v) is 4.48. The number of benzene rings is 2. The summed E-state index contributed by atoms with van der Waals surface area (Å²) in [7, 11) is 0. The monoisotopic (exact) mass is 357 g/mol. The second-order valence-electron chi connectivity index (χ2n) is 4.52. The van der Waals surface area contributed by atoms with Gasteiger partial charge in [0.15, 0.2) is 0 Å². The Hall–Kier alpha value is -1.23. The fraction of sp³-hybridized carbons (Fsp3) is 0.188. The molecule has 0 heterocycles. The maximum atomic E-state index is 13.4. The van der Waals surface area contributed by atoms with Crippen molar-refractivity contribution in [3.05, 3.63) is 69.5 Å². The molecule has 2 nitrogen and oxygen atoms in total. The number of thioether (sulfide) groups is 1. The third kappa shape index (κ3) is 4.90. The van der Waals surface area contributed by atoms with Crippen LogP contribution >= 0.6 is 35.0 Å². The molecule has 0 aromatic heterocycles. The summed E-state index contributed by atoms with van der Waals surface area (Å²) >= 11 is 13.3. The minimum absolute atomic E-state index is 0.202. The zero-order valence-corrected chi connectivity index (χ0v) is 13.9. The van der Waals surface area contributed by atoms with Crippen LogP contribution < -0.4 is 5.32 Å². The lowest BCUT2D eigenvalue weighted by atomic mass is 10.2. The van der Waals surface area contributed by atoms with Gasteiger partial charge in [-0.2, -0.15) is 11.8 Å². The maximum absolute atomic E-state index is 13.4. The van der Waals surface area contributed by atoms with E-state index in [2.05, 4.69) is 5.32 Å². The van der Waals surface area contributed by atoms with Crippen LogP contribution in [0.1, 0.15) is 15.9 Å². The Labute approximate surface area is 143 Å². The zero-order valence-electron chi connectivity index (χ0n) is 11.6. The van der Waals surface area contributed by atoms with E-state index in [1.807, 2.05) is 6.07 Å². The quantitative estimate of drug-likeness (QED) is 0.752. The molecule has 6 heteroatoms. The highest BCUT2D eigenvalue weighted by Gasteiger charge is 2.10. The Balaban J connectivity index is 1.75. The van der Waals surface area contributed by atoms with Crippen LogP contribution in [0, 0.1) is 5.82 Å². The summed E-state index contributed by atoms with van der Waals surface area (Å²) in [5.41, 5.74) is 1.06. The number of halogens is 3. The van der Waals surface area contributed by atoms with E-state index in [0.29, 0.717) is 39.2 Å². The molecule has 0 saturated carbocycles. The van der Waals surface area contributed by atoms with Crippen molar-refractivity contribution in [1.82, 2.24) is 5.32 Å². The van der Waals surface area contributed by atoms with Crippen molar-refractivity contribution in [1.29, 1.82) is 0 Å². The molecule has 0 aliphatic heterocycles. The fourth-order valence-electron chi connectivity index (χ4n) is 1.80. The smallest absolute Gasteiger partial charge is 0.252 e. The normalized spacial score (nSPS) is 10.5. The molecule has 0 unspecified atom stereocenters. The Morgan fingerprint density at radius 1 is 1.18 bits per heavy atom. The van der Waals surface area contributed by atoms with Gasteiger partial charge in [0, 0.05) is 23.1 Å². The molecule has 22 heavy (non-hydrogen) atoms. The van der Waals surface area contributed by atoms with Crippen LogP contribution in [0.25, 0.3) is 0 Å². The SMILES string of the molecule is O=C(NCCSCc1ccccc1F)c1ccc(Cl)cc1Cl. The van der Waals surface area contributed by atoms with E-state index in [1.165, 1.54) is 12.1 Å². The number of carbonyl (C=O) groups is 1. The minimum atomic E-state index is -0.242. The second-order valence-corrected chi connectivity index (χ2v) is 6.47. The van der Waals surface area contributed by atoms with E-state index >= 15 is 0 Å². The maximum Gasteiger partial charge on any atom is 0.252 e. The molecule has 0 bridgehead atoms. The predicted molar refractivity (Wildman–Crippen MR) is 91.4 cm³/mol. The molecule has 0 fully saturated rings. The first kappa shape index (κ1) is 17.1. The Morgan fingerprint density at radius 3 is 2.68 bits per heavy atom. The first-order valence-electron chi connectivity index (χ1n) is 6.62. The summed E-state index contributed by atoms with van der Waals surface area (Å²) < 4.78 is 13.4. The predicted octanol–water partition coefficient (Wildman–Crippen LogP) is 4.80. The van der Waals surface area contributed by atoms with Crippen molar-refractivity contribution in [2.75, 3.05) is 12.3 Å². The van der Waals surface area contributed by atoms with Gasteiger partial charge in [-0.25, -0.2) is 4.39 Å². The van der Waals surface area contributed by atoms with Crippen molar-refractivity contribution in [2.24, 2.45) is 0 Å². The molecule has 0 aliphatic rings. The number of nitrogens with one attached hydrogen (secondary N) is 1. The molecule has 2 aromatic rings. The van der Waals surface area contributed by atoms with E-state index in [9.17, 15) is 9.18 Å². The lowest BCUT2D eigenvalue weighted by molar-refractivity contribution is 0.0956. The summed E-state index contributed by atoms with van der Waals surface area (Å²) in [5, 5.41) is 3.59. The Kier molecular flexibility index (Phi) is 6.55. The Morgan fingerprint density at radius 2 is 1.95 bits per heavy atom. The van der Waals surface area contributed by atoms with Gasteiger partial charge in [0.1, 0.15) is 5.82 Å². The van der Waals surface area contributed by atoms with Crippen molar-refractivity contribution < 1.29 is 9.18 Å². The van der Waals surface area contributed by atoms with Crippen molar-refractivity contribution in [3.8, 4) is 0 Å². The molecule has 0 aliphatic carbocycles. The van der Waals surface area contributed by atoms with Gasteiger partial charge >= 0.3 is 0 Å². The summed E-state index contributed by atoms with van der Waals surface area (Å²) in [4.78, 5) is 12.0. The second kappa shape index (κ2) is 8.42. The van der Waals surface area contributed by atoms with Crippen LogP contribution in [-0.2, 0) is 5.75 Å². The molecule has 0 spiro atoms. The van der Waals surface area contributed by atoms with E-state index in [1.54, 1.807) is 36.0 Å². The topological polar surface area (TPSA) is 29.1 Å². The highest BCUT2D eigenvalue weighted by molar-refractivity contribution is 7.98. The lowest BCUT2D eigenvalue weighted by Gasteiger charge is -2.07. The van der Waals surface area contributed by atoms with Gasteiger partial charge < -0.3 is 5.32 Å². The van der Waals surface area contributed by atoms with Crippen LogP contribution in [0.15, 0.2) is 42.5 Å². The van der Waals surface area contributed by atoms with Gasteiger partial charge in [0.05, 0.1) is 10.6 Å².